The molecule has 1 atom stereocenters. The van der Waals surface area contributed by atoms with Gasteiger partial charge in [-0.25, -0.2) is 0 Å². The zero-order chi connectivity index (χ0) is 13.3. The largest absolute Gasteiger partial charge is 0.383 e. The average molecular weight is 268 g/mol. The molecule has 2 N–H and O–H groups in total. The molecule has 2 rings (SSSR count). The molecule has 18 heavy (non-hydrogen) atoms. The summed E-state index contributed by atoms with van der Waals surface area (Å²) in [5.41, 5.74) is 7.35. The van der Waals surface area contributed by atoms with Crippen molar-refractivity contribution in [3.63, 3.8) is 0 Å². The summed E-state index contributed by atoms with van der Waals surface area (Å²) in [6.45, 7) is 6.54. The molecule has 1 fully saturated rings. The van der Waals surface area contributed by atoms with Crippen LogP contribution in [0.15, 0.2) is 0 Å². The van der Waals surface area contributed by atoms with Gasteiger partial charge in [0.05, 0.1) is 0 Å². The fraction of sp³-hybridized carbons (Fsp3) is 0.769. The first kappa shape index (κ1) is 13.6. The van der Waals surface area contributed by atoms with Gasteiger partial charge in [0.15, 0.2) is 0 Å². The number of nitrogens with two attached hydrogens (primary N) is 1. The standard InChI is InChI=1S/C13H24N4S/c1-5-17(9(2)8-16(3)4)13-11(10-6-7-10)12(14)15-18-13/h9-10H,5-8H2,1-4H3,(H2,14,15). The molecule has 0 aromatic carbocycles. The quantitative estimate of drug-likeness (QED) is 0.860. The molecule has 4 nitrogen and oxygen atoms in total. The zero-order valence-corrected chi connectivity index (χ0v) is 12.6. The van der Waals surface area contributed by atoms with E-state index < -0.39 is 0 Å². The van der Waals surface area contributed by atoms with E-state index in [2.05, 4.69) is 42.1 Å². The minimum Gasteiger partial charge on any atom is -0.383 e. The number of nitrogen functional groups attached to an aromatic ring is 1. The summed E-state index contributed by atoms with van der Waals surface area (Å²) in [5, 5.41) is 1.30. The molecule has 0 bridgehead atoms. The summed E-state index contributed by atoms with van der Waals surface area (Å²) in [6.07, 6.45) is 2.55. The Hall–Kier alpha value is -0.810. The molecule has 5 heteroatoms. The van der Waals surface area contributed by atoms with Crippen molar-refractivity contribution >= 4 is 22.4 Å². The molecule has 102 valence electrons. The van der Waals surface area contributed by atoms with Crippen LogP contribution in [0.5, 0.6) is 0 Å². The summed E-state index contributed by atoms with van der Waals surface area (Å²) in [6, 6.07) is 0.488. The molecule has 0 aliphatic heterocycles. The number of hydrogen-bond acceptors (Lipinski definition) is 5. The van der Waals surface area contributed by atoms with Crippen LogP contribution in [0.25, 0.3) is 0 Å². The van der Waals surface area contributed by atoms with E-state index in [0.717, 1.165) is 18.9 Å². The number of rotatable bonds is 6. The first-order valence-electron chi connectivity index (χ1n) is 6.71. The van der Waals surface area contributed by atoms with Gasteiger partial charge >= 0.3 is 0 Å². The van der Waals surface area contributed by atoms with Gasteiger partial charge < -0.3 is 15.5 Å². The number of nitrogens with zero attached hydrogens (tertiary/aromatic N) is 3. The predicted octanol–water partition coefficient (Wildman–Crippen LogP) is 2.38. The van der Waals surface area contributed by atoms with Crippen molar-refractivity contribution in [2.24, 2.45) is 0 Å². The lowest BCUT2D eigenvalue weighted by Gasteiger charge is -2.31. The Morgan fingerprint density at radius 3 is 2.61 bits per heavy atom. The minimum atomic E-state index is 0.488. The van der Waals surface area contributed by atoms with Crippen LogP contribution in [0.3, 0.4) is 0 Å². The first-order valence-corrected chi connectivity index (χ1v) is 7.48. The van der Waals surface area contributed by atoms with E-state index in [4.69, 9.17) is 5.73 Å². The highest BCUT2D eigenvalue weighted by Gasteiger charge is 2.33. The van der Waals surface area contributed by atoms with Crippen LogP contribution in [-0.4, -0.2) is 42.5 Å². The van der Waals surface area contributed by atoms with Crippen molar-refractivity contribution in [3.05, 3.63) is 5.56 Å². The van der Waals surface area contributed by atoms with E-state index in [9.17, 15) is 0 Å². The van der Waals surface area contributed by atoms with Gasteiger partial charge in [-0.1, -0.05) is 0 Å². The molecule has 1 aliphatic rings. The van der Waals surface area contributed by atoms with E-state index in [-0.39, 0.29) is 0 Å². The van der Waals surface area contributed by atoms with Crippen LogP contribution >= 0.6 is 11.5 Å². The van der Waals surface area contributed by atoms with Crippen molar-refractivity contribution in [2.75, 3.05) is 37.8 Å². The van der Waals surface area contributed by atoms with Gasteiger partial charge in [-0.3, -0.25) is 0 Å². The van der Waals surface area contributed by atoms with E-state index in [1.807, 2.05) is 0 Å². The molecule has 1 aliphatic carbocycles. The molecule has 1 aromatic heterocycles. The molecule has 1 saturated carbocycles. The van der Waals surface area contributed by atoms with Gasteiger partial charge in [-0.15, -0.1) is 0 Å². The van der Waals surface area contributed by atoms with Crippen molar-refractivity contribution in [1.82, 2.24) is 9.27 Å². The molecule has 1 unspecified atom stereocenters. The summed E-state index contributed by atoms with van der Waals surface area (Å²) in [7, 11) is 4.24. The molecule has 1 heterocycles. The Kier molecular flexibility index (Phi) is 4.12. The van der Waals surface area contributed by atoms with Crippen LogP contribution in [0.2, 0.25) is 0 Å². The Bertz CT molecular complexity index is 398. The molecular weight excluding hydrogens is 244 g/mol. The minimum absolute atomic E-state index is 0.488. The monoisotopic (exact) mass is 268 g/mol. The number of hydrogen-bond donors (Lipinski definition) is 1. The van der Waals surface area contributed by atoms with Crippen molar-refractivity contribution in [1.29, 1.82) is 0 Å². The second-order valence-electron chi connectivity index (χ2n) is 5.46. The third-order valence-electron chi connectivity index (χ3n) is 3.49. The predicted molar refractivity (Wildman–Crippen MR) is 79.5 cm³/mol. The number of anilines is 2. The van der Waals surface area contributed by atoms with E-state index in [1.54, 1.807) is 11.5 Å². The molecule has 1 aromatic rings. The lowest BCUT2D eigenvalue weighted by Crippen LogP contribution is -2.40. The van der Waals surface area contributed by atoms with Crippen molar-refractivity contribution < 1.29 is 0 Å². The topological polar surface area (TPSA) is 45.4 Å². The van der Waals surface area contributed by atoms with Crippen LogP contribution in [0, 0.1) is 0 Å². The second kappa shape index (κ2) is 5.45. The smallest absolute Gasteiger partial charge is 0.142 e. The fourth-order valence-electron chi connectivity index (χ4n) is 2.55. The van der Waals surface area contributed by atoms with Crippen LogP contribution < -0.4 is 10.6 Å². The van der Waals surface area contributed by atoms with Gasteiger partial charge in [0.25, 0.3) is 0 Å². The normalized spacial score (nSPS) is 17.2. The Balaban J connectivity index is 2.21. The maximum absolute atomic E-state index is 6.04. The van der Waals surface area contributed by atoms with Crippen LogP contribution in [-0.2, 0) is 0 Å². The summed E-state index contributed by atoms with van der Waals surface area (Å²) in [4.78, 5) is 4.68. The first-order chi connectivity index (χ1) is 8.54. The van der Waals surface area contributed by atoms with Gasteiger partial charge in [-0.2, -0.15) is 4.37 Å². The molecule has 0 amide bonds. The van der Waals surface area contributed by atoms with E-state index >= 15 is 0 Å². The van der Waals surface area contributed by atoms with Gasteiger partial charge in [0.2, 0.25) is 0 Å². The van der Waals surface area contributed by atoms with Gasteiger partial charge in [0.1, 0.15) is 10.8 Å². The lowest BCUT2D eigenvalue weighted by atomic mass is 10.1. The summed E-state index contributed by atoms with van der Waals surface area (Å²) in [5.74, 6) is 1.42. The number of aromatic nitrogens is 1. The third-order valence-corrected chi connectivity index (χ3v) is 4.40. The molecule has 0 saturated heterocycles. The lowest BCUT2D eigenvalue weighted by molar-refractivity contribution is 0.373. The maximum atomic E-state index is 6.04. The molecule has 0 spiro atoms. The molecular formula is C13H24N4S. The Morgan fingerprint density at radius 2 is 2.11 bits per heavy atom. The Morgan fingerprint density at radius 1 is 1.44 bits per heavy atom. The van der Waals surface area contributed by atoms with Gasteiger partial charge in [-0.05, 0) is 58.2 Å². The van der Waals surface area contributed by atoms with Crippen LogP contribution in [0.4, 0.5) is 10.8 Å². The SMILES string of the molecule is CCN(c1snc(N)c1C1CC1)C(C)CN(C)C. The maximum Gasteiger partial charge on any atom is 0.142 e. The second-order valence-corrected chi connectivity index (χ2v) is 6.21. The van der Waals surface area contributed by atoms with Crippen molar-refractivity contribution in [2.45, 2.75) is 38.6 Å². The van der Waals surface area contributed by atoms with E-state index in [0.29, 0.717) is 12.0 Å². The van der Waals surface area contributed by atoms with Crippen molar-refractivity contribution in [3.8, 4) is 0 Å². The van der Waals surface area contributed by atoms with E-state index in [1.165, 1.54) is 23.4 Å². The van der Waals surface area contributed by atoms with Gasteiger partial charge in [0, 0.05) is 24.7 Å². The summed E-state index contributed by atoms with van der Waals surface area (Å²) < 4.78 is 4.37. The average Bonchev–Trinajstić information content (AvgIpc) is 3.04. The molecule has 0 radical (unpaired) electrons. The number of likely N-dealkylation sites (N-methyl/N-ethyl adjacent to an activating group) is 2. The highest BCUT2D eigenvalue weighted by atomic mass is 32.1. The highest BCUT2D eigenvalue weighted by molar-refractivity contribution is 7.10. The summed E-state index contributed by atoms with van der Waals surface area (Å²) >= 11 is 1.57. The van der Waals surface area contributed by atoms with Crippen LogP contribution in [0.1, 0.15) is 38.2 Å². The zero-order valence-electron chi connectivity index (χ0n) is 11.8. The Labute approximate surface area is 114 Å². The highest BCUT2D eigenvalue weighted by Crippen LogP contribution is 2.49. The third kappa shape index (κ3) is 2.78. The fourth-order valence-corrected chi connectivity index (χ4v) is 3.61.